The van der Waals surface area contributed by atoms with Gasteiger partial charge in [0.25, 0.3) is 0 Å². The fraction of sp³-hybridized carbons (Fsp3) is 0.0909. The van der Waals surface area contributed by atoms with Crippen molar-refractivity contribution in [2.24, 2.45) is 0 Å². The van der Waals surface area contributed by atoms with E-state index in [-0.39, 0.29) is 18.2 Å². The third-order valence-electron chi connectivity index (χ3n) is 2.03. The monoisotopic (exact) mass is 229 g/mol. The molecule has 17 heavy (non-hydrogen) atoms. The van der Waals surface area contributed by atoms with E-state index in [1.165, 1.54) is 0 Å². The van der Waals surface area contributed by atoms with Crippen molar-refractivity contribution >= 4 is 5.97 Å². The van der Waals surface area contributed by atoms with Gasteiger partial charge in [-0.05, 0) is 24.3 Å². The lowest BCUT2D eigenvalue weighted by atomic mass is 10.1. The lowest BCUT2D eigenvalue weighted by Crippen LogP contribution is -1.99. The number of carboxylic acids is 1. The van der Waals surface area contributed by atoms with Crippen molar-refractivity contribution in [3.05, 3.63) is 35.7 Å². The van der Waals surface area contributed by atoms with Crippen LogP contribution in [0.4, 0.5) is 0 Å². The van der Waals surface area contributed by atoms with Gasteiger partial charge in [0.05, 0.1) is 11.6 Å². The molecule has 0 atom stereocenters. The molecule has 0 amide bonds. The minimum atomic E-state index is -1.03. The molecular formula is C11H7N3O3. The third kappa shape index (κ3) is 2.46. The highest BCUT2D eigenvalue weighted by atomic mass is 16.4. The molecule has 2 rings (SSSR count). The summed E-state index contributed by atoms with van der Waals surface area (Å²) in [6.45, 7) is 0. The van der Waals surface area contributed by atoms with Crippen LogP contribution in [-0.2, 0) is 11.2 Å². The van der Waals surface area contributed by atoms with Crippen molar-refractivity contribution in [2.75, 3.05) is 0 Å². The van der Waals surface area contributed by atoms with Gasteiger partial charge in [-0.3, -0.25) is 4.79 Å². The number of carbonyl (C=O) groups is 1. The molecule has 1 aromatic carbocycles. The van der Waals surface area contributed by atoms with Crippen molar-refractivity contribution in [2.45, 2.75) is 6.42 Å². The molecule has 0 saturated heterocycles. The molecule has 0 aliphatic carbocycles. The number of nitrogens with zero attached hydrogens (tertiary/aromatic N) is 3. The number of hydrogen-bond acceptors (Lipinski definition) is 5. The van der Waals surface area contributed by atoms with Crippen LogP contribution in [0, 0.1) is 11.3 Å². The Labute approximate surface area is 96.1 Å². The average molecular weight is 229 g/mol. The Balaban J connectivity index is 2.24. The zero-order valence-corrected chi connectivity index (χ0v) is 8.62. The van der Waals surface area contributed by atoms with Crippen LogP contribution < -0.4 is 0 Å². The van der Waals surface area contributed by atoms with E-state index in [4.69, 9.17) is 14.8 Å². The van der Waals surface area contributed by atoms with Crippen molar-refractivity contribution in [3.8, 4) is 17.5 Å². The number of aromatic nitrogens is 2. The number of nitriles is 1. The molecule has 0 fully saturated rings. The maximum absolute atomic E-state index is 10.4. The van der Waals surface area contributed by atoms with Gasteiger partial charge in [-0.15, -0.1) is 10.2 Å². The highest BCUT2D eigenvalue weighted by molar-refractivity contribution is 5.68. The number of carboxylic acid groups (broad SMARTS) is 1. The molecule has 0 radical (unpaired) electrons. The fourth-order valence-electron chi connectivity index (χ4n) is 1.26. The molecule has 6 nitrogen and oxygen atoms in total. The Morgan fingerprint density at radius 1 is 1.35 bits per heavy atom. The van der Waals surface area contributed by atoms with Gasteiger partial charge in [-0.1, -0.05) is 0 Å². The summed E-state index contributed by atoms with van der Waals surface area (Å²) in [7, 11) is 0. The largest absolute Gasteiger partial charge is 0.481 e. The van der Waals surface area contributed by atoms with Crippen LogP contribution in [0.5, 0.6) is 0 Å². The lowest BCUT2D eigenvalue weighted by molar-refractivity contribution is -0.136. The predicted molar refractivity (Wildman–Crippen MR) is 55.8 cm³/mol. The van der Waals surface area contributed by atoms with E-state index in [1.807, 2.05) is 6.07 Å². The Kier molecular flexibility index (Phi) is 2.83. The highest BCUT2D eigenvalue weighted by Gasteiger charge is 2.11. The van der Waals surface area contributed by atoms with E-state index in [1.54, 1.807) is 24.3 Å². The Morgan fingerprint density at radius 2 is 2.06 bits per heavy atom. The smallest absolute Gasteiger partial charge is 0.312 e. The van der Waals surface area contributed by atoms with Crippen molar-refractivity contribution in [1.82, 2.24) is 10.2 Å². The predicted octanol–water partition coefficient (Wildman–Crippen LogP) is 1.24. The lowest BCUT2D eigenvalue weighted by Gasteiger charge is -1.93. The number of benzene rings is 1. The molecule has 84 valence electrons. The van der Waals surface area contributed by atoms with E-state index in [9.17, 15) is 4.79 Å². The molecule has 0 aliphatic rings. The maximum Gasteiger partial charge on any atom is 0.312 e. The normalized spacial score (nSPS) is 9.82. The van der Waals surface area contributed by atoms with Crippen LogP contribution in [0.25, 0.3) is 11.5 Å². The second-order valence-corrected chi connectivity index (χ2v) is 3.26. The molecule has 0 aliphatic heterocycles. The minimum Gasteiger partial charge on any atom is -0.481 e. The molecular weight excluding hydrogens is 222 g/mol. The average Bonchev–Trinajstić information content (AvgIpc) is 2.77. The molecule has 0 spiro atoms. The topological polar surface area (TPSA) is 100 Å². The second kappa shape index (κ2) is 4.45. The fourth-order valence-corrected chi connectivity index (χ4v) is 1.26. The summed E-state index contributed by atoms with van der Waals surface area (Å²) in [6.07, 6.45) is -0.302. The maximum atomic E-state index is 10.4. The van der Waals surface area contributed by atoms with E-state index in [0.717, 1.165) is 0 Å². The Morgan fingerprint density at radius 3 is 2.65 bits per heavy atom. The summed E-state index contributed by atoms with van der Waals surface area (Å²) >= 11 is 0. The van der Waals surface area contributed by atoms with Gasteiger partial charge >= 0.3 is 5.97 Å². The molecule has 1 N–H and O–H groups in total. The molecule has 1 heterocycles. The molecule has 2 aromatic rings. The number of hydrogen-bond donors (Lipinski definition) is 1. The Bertz CT molecular complexity index is 581. The van der Waals surface area contributed by atoms with E-state index < -0.39 is 5.97 Å². The SMILES string of the molecule is N#Cc1ccc(-c2nnc(CC(=O)O)o2)cc1. The van der Waals surface area contributed by atoms with Crippen molar-refractivity contribution in [3.63, 3.8) is 0 Å². The molecule has 0 unspecified atom stereocenters. The molecule has 6 heteroatoms. The van der Waals surface area contributed by atoms with Gasteiger partial charge in [-0.25, -0.2) is 0 Å². The van der Waals surface area contributed by atoms with Gasteiger partial charge in [0.1, 0.15) is 6.42 Å². The molecule has 0 bridgehead atoms. The molecule has 0 saturated carbocycles. The minimum absolute atomic E-state index is 0.0526. The third-order valence-corrected chi connectivity index (χ3v) is 2.03. The molecule has 1 aromatic heterocycles. The number of rotatable bonds is 3. The van der Waals surface area contributed by atoms with Crippen LogP contribution >= 0.6 is 0 Å². The van der Waals surface area contributed by atoms with Gasteiger partial charge in [0.15, 0.2) is 0 Å². The summed E-state index contributed by atoms with van der Waals surface area (Å²) in [4.78, 5) is 10.4. The van der Waals surface area contributed by atoms with Crippen molar-refractivity contribution in [1.29, 1.82) is 5.26 Å². The summed E-state index contributed by atoms with van der Waals surface area (Å²) in [5, 5.41) is 24.5. The first kappa shape index (κ1) is 10.8. The van der Waals surface area contributed by atoms with Crippen molar-refractivity contribution < 1.29 is 14.3 Å². The highest BCUT2D eigenvalue weighted by Crippen LogP contribution is 2.18. The summed E-state index contributed by atoms with van der Waals surface area (Å²) in [5.41, 5.74) is 1.17. The standard InChI is InChI=1S/C11H7N3O3/c12-6-7-1-3-8(4-2-7)11-14-13-9(17-11)5-10(15)16/h1-4H,5H2,(H,15,16). The van der Waals surface area contributed by atoms with Crippen LogP contribution in [-0.4, -0.2) is 21.3 Å². The zero-order chi connectivity index (χ0) is 12.3. The zero-order valence-electron chi connectivity index (χ0n) is 8.62. The second-order valence-electron chi connectivity index (χ2n) is 3.26. The summed E-state index contributed by atoms with van der Waals surface area (Å²) in [5.74, 6) is -0.734. The summed E-state index contributed by atoms with van der Waals surface area (Å²) in [6, 6.07) is 8.56. The van der Waals surface area contributed by atoms with Gasteiger partial charge in [-0.2, -0.15) is 5.26 Å². The van der Waals surface area contributed by atoms with E-state index >= 15 is 0 Å². The van der Waals surface area contributed by atoms with E-state index in [2.05, 4.69) is 10.2 Å². The Hall–Kier alpha value is -2.68. The first-order valence-corrected chi connectivity index (χ1v) is 4.74. The first-order valence-electron chi connectivity index (χ1n) is 4.74. The first-order chi connectivity index (χ1) is 8.19. The quantitative estimate of drug-likeness (QED) is 0.849. The summed E-state index contributed by atoms with van der Waals surface area (Å²) < 4.78 is 5.17. The van der Waals surface area contributed by atoms with Crippen LogP contribution in [0.1, 0.15) is 11.5 Å². The van der Waals surface area contributed by atoms with E-state index in [0.29, 0.717) is 11.1 Å². The number of aliphatic carboxylic acids is 1. The van der Waals surface area contributed by atoms with Crippen LogP contribution in [0.3, 0.4) is 0 Å². The van der Waals surface area contributed by atoms with Crippen LogP contribution in [0.2, 0.25) is 0 Å². The van der Waals surface area contributed by atoms with Crippen LogP contribution in [0.15, 0.2) is 28.7 Å². The van der Waals surface area contributed by atoms with Gasteiger partial charge in [0.2, 0.25) is 11.8 Å². The van der Waals surface area contributed by atoms with Gasteiger partial charge < -0.3 is 9.52 Å². The van der Waals surface area contributed by atoms with Gasteiger partial charge in [0, 0.05) is 5.56 Å².